The molecule has 0 aliphatic heterocycles. The molecule has 2 rings (SSSR count). The summed E-state index contributed by atoms with van der Waals surface area (Å²) in [5, 5.41) is 18.7. The molecule has 2 aromatic rings. The molecule has 0 radical (unpaired) electrons. The lowest BCUT2D eigenvalue weighted by Gasteiger charge is -2.10. The molecule has 96 valence electrons. The van der Waals surface area contributed by atoms with Crippen molar-refractivity contribution in [1.82, 2.24) is 4.98 Å². The van der Waals surface area contributed by atoms with Crippen molar-refractivity contribution >= 4 is 0 Å². The van der Waals surface area contributed by atoms with Gasteiger partial charge in [0.1, 0.15) is 28.9 Å². The number of ether oxygens (including phenoxy) is 1. The van der Waals surface area contributed by atoms with Gasteiger partial charge in [0.2, 0.25) is 0 Å². The van der Waals surface area contributed by atoms with E-state index in [9.17, 15) is 5.11 Å². The van der Waals surface area contributed by atoms with Crippen LogP contribution in [-0.2, 0) is 0 Å². The van der Waals surface area contributed by atoms with Gasteiger partial charge in [-0.3, -0.25) is 4.98 Å². The third-order valence-electron chi connectivity index (χ3n) is 2.67. The summed E-state index contributed by atoms with van der Waals surface area (Å²) in [4.78, 5) is 4.23. The predicted molar refractivity (Wildman–Crippen MR) is 71.3 cm³/mol. The minimum Gasteiger partial charge on any atom is -0.508 e. The predicted octanol–water partition coefficient (Wildman–Crippen LogP) is 3.38. The third-order valence-corrected chi connectivity index (χ3v) is 2.67. The molecule has 0 bridgehead atoms. The van der Waals surface area contributed by atoms with Crippen molar-refractivity contribution in [2.45, 2.75) is 20.8 Å². The Labute approximate surface area is 111 Å². The maximum Gasteiger partial charge on any atom is 0.148 e. The lowest BCUT2D eigenvalue weighted by Crippen LogP contribution is -1.96. The van der Waals surface area contributed by atoms with E-state index in [1.165, 1.54) is 6.07 Å². The molecule has 1 heterocycles. The Hall–Kier alpha value is -2.54. The molecule has 0 saturated heterocycles. The second-order valence-corrected chi connectivity index (χ2v) is 4.44. The molecule has 1 N–H and O–H groups in total. The first-order valence-corrected chi connectivity index (χ1v) is 5.86. The molecule has 0 amide bonds. The van der Waals surface area contributed by atoms with E-state index in [0.717, 1.165) is 11.3 Å². The highest BCUT2D eigenvalue weighted by atomic mass is 16.5. The number of aromatic hydroxyl groups is 1. The second-order valence-electron chi connectivity index (χ2n) is 4.44. The van der Waals surface area contributed by atoms with Gasteiger partial charge in [-0.15, -0.1) is 0 Å². The highest BCUT2D eigenvalue weighted by Crippen LogP contribution is 2.30. The Morgan fingerprint density at radius 3 is 2.53 bits per heavy atom. The van der Waals surface area contributed by atoms with Crippen LogP contribution < -0.4 is 4.74 Å². The number of aromatic nitrogens is 1. The summed E-state index contributed by atoms with van der Waals surface area (Å²) in [6, 6.07) is 8.75. The van der Waals surface area contributed by atoms with E-state index in [1.54, 1.807) is 25.1 Å². The van der Waals surface area contributed by atoms with E-state index in [0.29, 0.717) is 22.8 Å². The number of hydrogen-bond donors (Lipinski definition) is 1. The largest absolute Gasteiger partial charge is 0.508 e. The van der Waals surface area contributed by atoms with E-state index >= 15 is 0 Å². The number of rotatable bonds is 2. The van der Waals surface area contributed by atoms with Crippen LogP contribution in [0.2, 0.25) is 0 Å². The zero-order chi connectivity index (χ0) is 14.0. The number of nitrogens with zero attached hydrogens (tertiary/aromatic N) is 2. The molecule has 0 saturated carbocycles. The van der Waals surface area contributed by atoms with E-state index < -0.39 is 0 Å². The van der Waals surface area contributed by atoms with E-state index in [-0.39, 0.29) is 5.75 Å². The average molecular weight is 254 g/mol. The average Bonchev–Trinajstić information content (AvgIpc) is 2.26. The normalized spacial score (nSPS) is 10.0. The number of nitriles is 1. The number of phenols is 1. The van der Waals surface area contributed by atoms with E-state index in [2.05, 4.69) is 11.1 Å². The van der Waals surface area contributed by atoms with Crippen LogP contribution in [0.4, 0.5) is 0 Å². The van der Waals surface area contributed by atoms with Gasteiger partial charge in [0.15, 0.2) is 0 Å². The van der Waals surface area contributed by atoms with Crippen molar-refractivity contribution in [3.8, 4) is 23.3 Å². The maximum absolute atomic E-state index is 9.55. The van der Waals surface area contributed by atoms with Gasteiger partial charge in [-0.05, 0) is 38.5 Å². The van der Waals surface area contributed by atoms with Crippen LogP contribution in [0, 0.1) is 32.1 Å². The molecule has 1 aromatic carbocycles. The number of phenolic OH excluding ortho intramolecular Hbond substituents is 1. The lowest BCUT2D eigenvalue weighted by molar-refractivity contribution is 0.453. The fraction of sp³-hybridized carbons (Fsp3) is 0.200. The van der Waals surface area contributed by atoms with Crippen molar-refractivity contribution < 1.29 is 9.84 Å². The highest BCUT2D eigenvalue weighted by molar-refractivity contribution is 5.49. The first-order valence-electron chi connectivity index (χ1n) is 5.86. The van der Waals surface area contributed by atoms with Gasteiger partial charge in [0, 0.05) is 17.8 Å². The molecule has 0 spiro atoms. The van der Waals surface area contributed by atoms with Gasteiger partial charge in [0.25, 0.3) is 0 Å². The van der Waals surface area contributed by atoms with Crippen LogP contribution in [0.5, 0.6) is 17.2 Å². The van der Waals surface area contributed by atoms with Crippen molar-refractivity contribution in [1.29, 1.82) is 5.26 Å². The first-order chi connectivity index (χ1) is 8.99. The van der Waals surface area contributed by atoms with Crippen LogP contribution in [0.1, 0.15) is 22.5 Å². The monoisotopic (exact) mass is 254 g/mol. The van der Waals surface area contributed by atoms with Crippen molar-refractivity contribution in [2.75, 3.05) is 0 Å². The summed E-state index contributed by atoms with van der Waals surface area (Å²) in [6.45, 7) is 5.47. The van der Waals surface area contributed by atoms with Gasteiger partial charge in [-0.2, -0.15) is 5.26 Å². The van der Waals surface area contributed by atoms with Crippen LogP contribution >= 0.6 is 0 Å². The van der Waals surface area contributed by atoms with Crippen LogP contribution in [-0.4, -0.2) is 10.1 Å². The summed E-state index contributed by atoms with van der Waals surface area (Å²) in [5.41, 5.74) is 2.71. The molecule has 4 heteroatoms. The minimum absolute atomic E-state index is 0.135. The Morgan fingerprint density at radius 2 is 1.89 bits per heavy atom. The Kier molecular flexibility index (Phi) is 3.39. The Bertz CT molecular complexity index is 652. The van der Waals surface area contributed by atoms with Gasteiger partial charge in [-0.25, -0.2) is 0 Å². The molecular formula is C15H14N2O2. The number of hydrogen-bond acceptors (Lipinski definition) is 4. The first kappa shape index (κ1) is 12.9. The number of aryl methyl sites for hydroxylation is 3. The summed E-state index contributed by atoms with van der Waals surface area (Å²) in [7, 11) is 0. The van der Waals surface area contributed by atoms with Crippen molar-refractivity contribution in [2.24, 2.45) is 0 Å². The van der Waals surface area contributed by atoms with Gasteiger partial charge in [-0.1, -0.05) is 0 Å². The lowest BCUT2D eigenvalue weighted by atomic mass is 10.1. The van der Waals surface area contributed by atoms with Gasteiger partial charge < -0.3 is 9.84 Å². The molecule has 1 aromatic heterocycles. The topological polar surface area (TPSA) is 66.1 Å². The summed E-state index contributed by atoms with van der Waals surface area (Å²) in [6.07, 6.45) is 0. The van der Waals surface area contributed by atoms with Crippen molar-refractivity contribution in [3.63, 3.8) is 0 Å². The fourth-order valence-electron chi connectivity index (χ4n) is 1.92. The SMILES string of the molecule is Cc1cc(O)cc(Oc2cc(C)nc(C)c2C#N)c1. The minimum atomic E-state index is 0.135. The van der Waals surface area contributed by atoms with Crippen LogP contribution in [0.15, 0.2) is 24.3 Å². The zero-order valence-corrected chi connectivity index (χ0v) is 11.1. The molecule has 0 unspecified atom stereocenters. The molecular weight excluding hydrogens is 240 g/mol. The molecule has 4 nitrogen and oxygen atoms in total. The second kappa shape index (κ2) is 4.99. The molecule has 0 atom stereocenters. The van der Waals surface area contributed by atoms with E-state index in [4.69, 9.17) is 10.00 Å². The fourth-order valence-corrected chi connectivity index (χ4v) is 1.92. The highest BCUT2D eigenvalue weighted by Gasteiger charge is 2.11. The van der Waals surface area contributed by atoms with Gasteiger partial charge in [0.05, 0.1) is 5.69 Å². The van der Waals surface area contributed by atoms with Crippen LogP contribution in [0.3, 0.4) is 0 Å². The van der Waals surface area contributed by atoms with Crippen molar-refractivity contribution in [3.05, 3.63) is 46.8 Å². The number of pyridine rings is 1. The quantitative estimate of drug-likeness (QED) is 0.892. The summed E-state index contributed by atoms with van der Waals surface area (Å²) < 4.78 is 5.70. The molecule has 0 fully saturated rings. The molecule has 0 aliphatic rings. The molecule has 19 heavy (non-hydrogen) atoms. The van der Waals surface area contributed by atoms with Crippen LogP contribution in [0.25, 0.3) is 0 Å². The summed E-state index contributed by atoms with van der Waals surface area (Å²) >= 11 is 0. The number of benzene rings is 1. The third kappa shape index (κ3) is 2.83. The molecule has 0 aliphatic carbocycles. The zero-order valence-electron chi connectivity index (χ0n) is 11.1. The summed E-state index contributed by atoms with van der Waals surface area (Å²) in [5.74, 6) is 1.09. The standard InChI is InChI=1S/C15H14N2O2/c1-9-4-12(18)7-13(5-9)19-15-6-10(2)17-11(3)14(15)8-16/h4-7,18H,1-3H3. The Morgan fingerprint density at radius 1 is 1.16 bits per heavy atom. The van der Waals surface area contributed by atoms with E-state index in [1.807, 2.05) is 13.8 Å². The maximum atomic E-state index is 9.55. The van der Waals surface area contributed by atoms with Gasteiger partial charge >= 0.3 is 0 Å². The Balaban J connectivity index is 2.46. The smallest absolute Gasteiger partial charge is 0.148 e.